The van der Waals surface area contributed by atoms with Crippen molar-refractivity contribution >= 4 is 21.8 Å². The molecule has 0 unspecified atom stereocenters. The molecule has 1 aromatic heterocycles. The maximum Gasteiger partial charge on any atom is 0.254 e. The van der Waals surface area contributed by atoms with Crippen LogP contribution < -0.4 is 0 Å². The zero-order chi connectivity index (χ0) is 17.2. The Morgan fingerprint density at radius 3 is 2.56 bits per heavy atom. The van der Waals surface area contributed by atoms with E-state index in [9.17, 15) is 4.79 Å². The van der Waals surface area contributed by atoms with Crippen LogP contribution in [0.2, 0.25) is 0 Å². The van der Waals surface area contributed by atoms with Gasteiger partial charge < -0.3 is 4.90 Å². The van der Waals surface area contributed by atoms with E-state index in [-0.39, 0.29) is 5.91 Å². The fourth-order valence-electron chi connectivity index (χ4n) is 2.99. The van der Waals surface area contributed by atoms with Crippen molar-refractivity contribution in [2.75, 3.05) is 6.54 Å². The van der Waals surface area contributed by atoms with E-state index >= 15 is 0 Å². The first-order chi connectivity index (χ1) is 12.2. The highest BCUT2D eigenvalue weighted by molar-refractivity contribution is 9.10. The van der Waals surface area contributed by atoms with Crippen molar-refractivity contribution in [1.82, 2.24) is 14.9 Å². The number of aromatic nitrogens is 2. The largest absolute Gasteiger partial charge is 0.334 e. The molecule has 2 aromatic carbocycles. The molecule has 5 heteroatoms. The zero-order valence-corrected chi connectivity index (χ0v) is 15.1. The molecule has 3 aromatic rings. The molecule has 2 heterocycles. The van der Waals surface area contributed by atoms with Gasteiger partial charge in [0.15, 0.2) is 5.82 Å². The van der Waals surface area contributed by atoms with Crippen LogP contribution in [-0.2, 0) is 13.0 Å². The Kier molecular flexibility index (Phi) is 4.32. The van der Waals surface area contributed by atoms with E-state index in [1.807, 2.05) is 65.7 Å². The average molecular weight is 394 g/mol. The Labute approximate surface area is 154 Å². The lowest BCUT2D eigenvalue weighted by atomic mass is 10.1. The van der Waals surface area contributed by atoms with Gasteiger partial charge in [0.1, 0.15) is 0 Å². The molecule has 0 N–H and O–H groups in total. The first-order valence-corrected chi connectivity index (χ1v) is 8.95. The van der Waals surface area contributed by atoms with E-state index in [4.69, 9.17) is 4.98 Å². The van der Waals surface area contributed by atoms with Crippen LogP contribution in [-0.4, -0.2) is 27.3 Å². The third-order valence-corrected chi connectivity index (χ3v) is 4.87. The van der Waals surface area contributed by atoms with Gasteiger partial charge in [0, 0.05) is 46.9 Å². The second kappa shape index (κ2) is 6.76. The molecule has 4 rings (SSSR count). The van der Waals surface area contributed by atoms with Gasteiger partial charge in [-0.1, -0.05) is 46.3 Å². The first kappa shape index (κ1) is 16.0. The number of halogens is 1. The molecule has 1 aliphatic heterocycles. The van der Waals surface area contributed by atoms with Crippen molar-refractivity contribution in [3.8, 4) is 11.4 Å². The molecular weight excluding hydrogens is 378 g/mol. The number of benzene rings is 2. The monoisotopic (exact) mass is 393 g/mol. The van der Waals surface area contributed by atoms with Crippen LogP contribution in [0.15, 0.2) is 65.3 Å². The van der Waals surface area contributed by atoms with Crippen molar-refractivity contribution in [1.29, 1.82) is 0 Å². The summed E-state index contributed by atoms with van der Waals surface area (Å²) in [5.41, 5.74) is 3.78. The van der Waals surface area contributed by atoms with E-state index in [0.717, 1.165) is 33.5 Å². The third-order valence-electron chi connectivity index (χ3n) is 4.34. The number of rotatable bonds is 2. The van der Waals surface area contributed by atoms with Crippen molar-refractivity contribution in [3.05, 3.63) is 82.1 Å². The molecule has 0 atom stereocenters. The van der Waals surface area contributed by atoms with E-state index in [0.29, 0.717) is 18.7 Å². The quantitative estimate of drug-likeness (QED) is 0.658. The van der Waals surface area contributed by atoms with Gasteiger partial charge in [-0.25, -0.2) is 9.97 Å². The van der Waals surface area contributed by atoms with Gasteiger partial charge in [-0.05, 0) is 24.3 Å². The normalized spacial score (nSPS) is 13.4. The second-order valence-corrected chi connectivity index (χ2v) is 6.93. The van der Waals surface area contributed by atoms with Gasteiger partial charge in [0.2, 0.25) is 0 Å². The lowest BCUT2D eigenvalue weighted by Gasteiger charge is -2.28. The van der Waals surface area contributed by atoms with E-state index in [1.165, 1.54) is 0 Å². The van der Waals surface area contributed by atoms with Crippen LogP contribution in [0.5, 0.6) is 0 Å². The van der Waals surface area contributed by atoms with Gasteiger partial charge >= 0.3 is 0 Å². The Balaban J connectivity index is 1.55. The van der Waals surface area contributed by atoms with Gasteiger partial charge in [-0.2, -0.15) is 0 Å². The number of nitrogens with zero attached hydrogens (tertiary/aromatic N) is 3. The van der Waals surface area contributed by atoms with Gasteiger partial charge in [0.25, 0.3) is 5.91 Å². The summed E-state index contributed by atoms with van der Waals surface area (Å²) >= 11 is 3.40. The molecule has 0 fully saturated rings. The number of amides is 1. The molecule has 0 spiro atoms. The van der Waals surface area contributed by atoms with Gasteiger partial charge in [-0.3, -0.25) is 4.79 Å². The van der Waals surface area contributed by atoms with Crippen molar-refractivity contribution in [3.63, 3.8) is 0 Å². The van der Waals surface area contributed by atoms with Crippen LogP contribution in [0.1, 0.15) is 21.6 Å². The minimum absolute atomic E-state index is 0.0466. The molecule has 124 valence electrons. The molecular formula is C20H16BrN3O. The van der Waals surface area contributed by atoms with Crippen molar-refractivity contribution < 1.29 is 4.79 Å². The molecule has 0 bridgehead atoms. The standard InChI is InChI=1S/C20H16BrN3O/c21-17-8-6-15(7-9-17)20(25)24-11-10-18-16(13-24)12-22-19(23-18)14-4-2-1-3-5-14/h1-9,12H,10-11,13H2. The maximum absolute atomic E-state index is 12.7. The fourth-order valence-corrected chi connectivity index (χ4v) is 3.26. The van der Waals surface area contributed by atoms with Crippen LogP contribution in [0, 0.1) is 0 Å². The fraction of sp³-hybridized carbons (Fsp3) is 0.150. The lowest BCUT2D eigenvalue weighted by Crippen LogP contribution is -2.36. The molecule has 1 aliphatic rings. The van der Waals surface area contributed by atoms with Crippen LogP contribution in [0.4, 0.5) is 0 Å². The lowest BCUT2D eigenvalue weighted by molar-refractivity contribution is 0.0733. The highest BCUT2D eigenvalue weighted by atomic mass is 79.9. The highest BCUT2D eigenvalue weighted by Crippen LogP contribution is 2.22. The number of hydrogen-bond acceptors (Lipinski definition) is 3. The summed E-state index contributed by atoms with van der Waals surface area (Å²) in [5.74, 6) is 0.789. The summed E-state index contributed by atoms with van der Waals surface area (Å²) in [6, 6.07) is 17.4. The Hall–Kier alpha value is -2.53. The SMILES string of the molecule is O=C(c1ccc(Br)cc1)N1CCc2nc(-c3ccccc3)ncc2C1. The van der Waals surface area contributed by atoms with Crippen molar-refractivity contribution in [2.45, 2.75) is 13.0 Å². The molecule has 0 aliphatic carbocycles. The molecule has 0 radical (unpaired) electrons. The number of carbonyl (C=O) groups excluding carboxylic acids is 1. The number of carbonyl (C=O) groups is 1. The summed E-state index contributed by atoms with van der Waals surface area (Å²) in [6.07, 6.45) is 2.60. The van der Waals surface area contributed by atoms with Gasteiger partial charge in [-0.15, -0.1) is 0 Å². The van der Waals surface area contributed by atoms with Crippen molar-refractivity contribution in [2.24, 2.45) is 0 Å². The van der Waals surface area contributed by atoms with Crippen LogP contribution >= 0.6 is 15.9 Å². The van der Waals surface area contributed by atoms with Crippen LogP contribution in [0.3, 0.4) is 0 Å². The van der Waals surface area contributed by atoms with Gasteiger partial charge in [0.05, 0.1) is 5.69 Å². The Morgan fingerprint density at radius 1 is 1.04 bits per heavy atom. The Morgan fingerprint density at radius 2 is 1.80 bits per heavy atom. The predicted octanol–water partition coefficient (Wildman–Crippen LogP) is 4.10. The topological polar surface area (TPSA) is 46.1 Å². The van der Waals surface area contributed by atoms with E-state index in [1.54, 1.807) is 0 Å². The number of fused-ring (bicyclic) bond motifs is 1. The minimum Gasteiger partial charge on any atom is -0.334 e. The third kappa shape index (κ3) is 3.33. The summed E-state index contributed by atoms with van der Waals surface area (Å²) in [4.78, 5) is 23.7. The summed E-state index contributed by atoms with van der Waals surface area (Å²) in [5, 5.41) is 0. The smallest absolute Gasteiger partial charge is 0.254 e. The summed E-state index contributed by atoms with van der Waals surface area (Å²) in [7, 11) is 0. The second-order valence-electron chi connectivity index (χ2n) is 6.02. The highest BCUT2D eigenvalue weighted by Gasteiger charge is 2.23. The van der Waals surface area contributed by atoms with Crippen LogP contribution in [0.25, 0.3) is 11.4 Å². The maximum atomic E-state index is 12.7. The Bertz CT molecular complexity index is 910. The summed E-state index contributed by atoms with van der Waals surface area (Å²) < 4.78 is 0.967. The number of hydrogen-bond donors (Lipinski definition) is 0. The summed E-state index contributed by atoms with van der Waals surface area (Å²) in [6.45, 7) is 1.23. The minimum atomic E-state index is 0.0466. The average Bonchev–Trinajstić information content (AvgIpc) is 2.68. The van der Waals surface area contributed by atoms with E-state index in [2.05, 4.69) is 20.9 Å². The predicted molar refractivity (Wildman–Crippen MR) is 100 cm³/mol. The first-order valence-electron chi connectivity index (χ1n) is 8.16. The zero-order valence-electron chi connectivity index (χ0n) is 13.5. The van der Waals surface area contributed by atoms with E-state index < -0.39 is 0 Å². The molecule has 25 heavy (non-hydrogen) atoms. The molecule has 0 saturated heterocycles. The molecule has 1 amide bonds. The molecule has 0 saturated carbocycles. The molecule has 4 nitrogen and oxygen atoms in total.